The van der Waals surface area contributed by atoms with Crippen molar-refractivity contribution in [1.29, 1.82) is 0 Å². The van der Waals surface area contributed by atoms with Crippen molar-refractivity contribution in [3.8, 4) is 11.5 Å². The number of benzene rings is 3. The zero-order valence-corrected chi connectivity index (χ0v) is 19.9. The first-order chi connectivity index (χ1) is 16.6. The Morgan fingerprint density at radius 3 is 2.59 bits per heavy atom. The topological polar surface area (TPSA) is 63.5 Å². The average molecular weight is 481 g/mol. The Hall–Kier alpha value is -3.06. The van der Waals surface area contributed by atoms with E-state index in [0.29, 0.717) is 31.1 Å². The fraction of sp³-hybridized carbons (Fsp3) is 0.296. The molecule has 0 unspecified atom stereocenters. The lowest BCUT2D eigenvalue weighted by molar-refractivity contribution is 0.0213. The van der Waals surface area contributed by atoms with Crippen molar-refractivity contribution in [2.75, 3.05) is 26.8 Å². The lowest BCUT2D eigenvalue weighted by atomic mass is 10.0. The van der Waals surface area contributed by atoms with Crippen LogP contribution >= 0.6 is 11.6 Å². The highest BCUT2D eigenvalue weighted by Gasteiger charge is 2.26. The van der Waals surface area contributed by atoms with Gasteiger partial charge in [-0.3, -0.25) is 4.90 Å². The summed E-state index contributed by atoms with van der Waals surface area (Å²) >= 11 is 6.01. The maximum absolute atomic E-state index is 10.7. The summed E-state index contributed by atoms with van der Waals surface area (Å²) in [6.45, 7) is 1.88. The Balaban J connectivity index is 1.39. The third-order valence-corrected chi connectivity index (χ3v) is 5.82. The van der Waals surface area contributed by atoms with Gasteiger partial charge in [-0.2, -0.15) is 0 Å². The molecule has 0 bridgehead atoms. The zero-order chi connectivity index (χ0) is 23.8. The Labute approximate surface area is 205 Å². The molecule has 6 nitrogen and oxygen atoms in total. The van der Waals surface area contributed by atoms with Crippen LogP contribution < -0.4 is 9.47 Å². The van der Waals surface area contributed by atoms with Gasteiger partial charge in [0.2, 0.25) is 0 Å². The quantitative estimate of drug-likeness (QED) is 0.427. The van der Waals surface area contributed by atoms with E-state index >= 15 is 0 Å². The van der Waals surface area contributed by atoms with Gasteiger partial charge in [0.1, 0.15) is 30.3 Å². The van der Waals surface area contributed by atoms with Crippen LogP contribution in [0.2, 0.25) is 5.02 Å². The smallest absolute Gasteiger partial charge is 0.145 e. The molecule has 7 heteroatoms. The van der Waals surface area contributed by atoms with E-state index in [1.807, 2.05) is 78.9 Å². The number of ether oxygens (including phenoxy) is 2. The molecule has 1 N–H and O–H groups in total. The maximum atomic E-state index is 10.7. The summed E-state index contributed by atoms with van der Waals surface area (Å²) < 4.78 is 11.1. The van der Waals surface area contributed by atoms with Gasteiger partial charge in [-0.05, 0) is 47.5 Å². The average Bonchev–Trinajstić information content (AvgIpc) is 3.32. The van der Waals surface area contributed by atoms with Gasteiger partial charge in [0, 0.05) is 31.1 Å². The number of rotatable bonds is 11. The van der Waals surface area contributed by atoms with Gasteiger partial charge in [0.15, 0.2) is 0 Å². The number of hydrogen-bond donors (Lipinski definition) is 1. The van der Waals surface area contributed by atoms with Gasteiger partial charge in [0.25, 0.3) is 0 Å². The number of methoxy groups -OCH3 is 1. The second-order valence-corrected chi connectivity index (χ2v) is 8.74. The molecule has 0 saturated carbocycles. The van der Waals surface area contributed by atoms with Crippen molar-refractivity contribution in [2.45, 2.75) is 25.2 Å². The maximum Gasteiger partial charge on any atom is 0.145 e. The van der Waals surface area contributed by atoms with E-state index in [0.717, 1.165) is 28.3 Å². The summed E-state index contributed by atoms with van der Waals surface area (Å²) in [5, 5.41) is 15.7. The Morgan fingerprint density at radius 2 is 1.82 bits per heavy atom. The minimum atomic E-state index is -0.663. The van der Waals surface area contributed by atoms with Crippen LogP contribution in [0.15, 0.2) is 84.0 Å². The molecule has 1 aliphatic heterocycles. The van der Waals surface area contributed by atoms with Crippen molar-refractivity contribution in [1.82, 2.24) is 4.90 Å². The van der Waals surface area contributed by atoms with Gasteiger partial charge in [-0.25, -0.2) is 0 Å². The van der Waals surface area contributed by atoms with Crippen LogP contribution in [-0.2, 0) is 11.4 Å². The van der Waals surface area contributed by atoms with Crippen LogP contribution in [0.3, 0.4) is 0 Å². The third kappa shape index (κ3) is 6.97. The number of hydrogen-bond acceptors (Lipinski definition) is 6. The molecule has 0 fully saturated rings. The molecule has 0 aliphatic carbocycles. The number of aliphatic hydroxyl groups is 1. The molecular formula is C27H29ClN2O4. The number of halogens is 1. The SMILES string of the molecule is COc1cccc(CN(C[C@H](O)COc2ccccc2)C[C@H]2CC(c3ccc(Cl)cc3)=NO2)c1. The van der Waals surface area contributed by atoms with Crippen molar-refractivity contribution in [3.63, 3.8) is 0 Å². The van der Waals surface area contributed by atoms with Crippen molar-refractivity contribution in [2.24, 2.45) is 5.16 Å². The predicted molar refractivity (Wildman–Crippen MR) is 134 cm³/mol. The summed E-state index contributed by atoms with van der Waals surface area (Å²) in [7, 11) is 1.66. The van der Waals surface area contributed by atoms with E-state index in [9.17, 15) is 5.11 Å². The molecule has 4 rings (SSSR count). The normalized spacial score (nSPS) is 16.1. The number of para-hydroxylation sites is 1. The standard InChI is InChI=1S/C27H29ClN2O4/c1-32-25-9-5-6-20(14-25)16-30(17-23(31)19-33-24-7-3-2-4-8-24)18-26-15-27(29-34-26)21-10-12-22(28)13-11-21/h2-14,23,26,31H,15-19H2,1H3/t23-,26+/m0/s1. The molecule has 3 aromatic rings. The fourth-order valence-electron chi connectivity index (χ4n) is 3.92. The van der Waals surface area contributed by atoms with E-state index in [2.05, 4.69) is 10.1 Å². The summed E-state index contributed by atoms with van der Waals surface area (Å²) in [5.41, 5.74) is 2.99. The van der Waals surface area contributed by atoms with Crippen molar-refractivity contribution >= 4 is 17.3 Å². The van der Waals surface area contributed by atoms with Gasteiger partial charge in [-0.1, -0.05) is 59.2 Å². The molecule has 0 saturated heterocycles. The Kier molecular flexibility index (Phi) is 8.41. The minimum Gasteiger partial charge on any atom is -0.497 e. The van der Waals surface area contributed by atoms with Crippen LogP contribution in [-0.4, -0.2) is 54.7 Å². The third-order valence-electron chi connectivity index (χ3n) is 5.57. The second kappa shape index (κ2) is 11.9. The molecule has 3 aromatic carbocycles. The van der Waals surface area contributed by atoms with Crippen molar-refractivity contribution in [3.05, 3.63) is 95.0 Å². The van der Waals surface area contributed by atoms with Gasteiger partial charge < -0.3 is 19.4 Å². The number of aliphatic hydroxyl groups excluding tert-OH is 1. The first kappa shape index (κ1) is 24.1. The van der Waals surface area contributed by atoms with E-state index < -0.39 is 6.10 Å². The first-order valence-electron chi connectivity index (χ1n) is 11.3. The van der Waals surface area contributed by atoms with Crippen LogP contribution in [0.5, 0.6) is 11.5 Å². The molecular weight excluding hydrogens is 452 g/mol. The molecule has 0 radical (unpaired) electrons. The van der Waals surface area contributed by atoms with Gasteiger partial charge >= 0.3 is 0 Å². The summed E-state index contributed by atoms with van der Waals surface area (Å²) in [4.78, 5) is 7.92. The second-order valence-electron chi connectivity index (χ2n) is 8.30. The molecule has 1 heterocycles. The Morgan fingerprint density at radius 1 is 1.06 bits per heavy atom. The largest absolute Gasteiger partial charge is 0.497 e. The highest BCUT2D eigenvalue weighted by Crippen LogP contribution is 2.21. The molecule has 0 amide bonds. The molecule has 0 spiro atoms. The summed E-state index contributed by atoms with van der Waals surface area (Å²) in [6, 6.07) is 25.1. The predicted octanol–water partition coefficient (Wildman–Crippen LogP) is 4.78. The lowest BCUT2D eigenvalue weighted by Gasteiger charge is -2.27. The molecule has 1 aliphatic rings. The van der Waals surface area contributed by atoms with E-state index in [4.69, 9.17) is 25.9 Å². The first-order valence-corrected chi connectivity index (χ1v) is 11.7. The summed E-state index contributed by atoms with van der Waals surface area (Å²) in [5.74, 6) is 1.54. The Bertz CT molecular complexity index is 1080. The number of oxime groups is 1. The van der Waals surface area contributed by atoms with E-state index in [1.165, 1.54) is 0 Å². The highest BCUT2D eigenvalue weighted by atomic mass is 35.5. The highest BCUT2D eigenvalue weighted by molar-refractivity contribution is 6.30. The van der Waals surface area contributed by atoms with Crippen molar-refractivity contribution < 1.29 is 19.4 Å². The lowest BCUT2D eigenvalue weighted by Crippen LogP contribution is -2.39. The van der Waals surface area contributed by atoms with Gasteiger partial charge in [-0.15, -0.1) is 0 Å². The summed E-state index contributed by atoms with van der Waals surface area (Å²) in [6.07, 6.45) is -0.0882. The van der Waals surface area contributed by atoms with E-state index in [-0.39, 0.29) is 12.7 Å². The number of nitrogens with zero attached hydrogens (tertiary/aromatic N) is 2. The molecule has 178 valence electrons. The molecule has 2 atom stereocenters. The molecule has 34 heavy (non-hydrogen) atoms. The minimum absolute atomic E-state index is 0.112. The van der Waals surface area contributed by atoms with Gasteiger partial charge in [0.05, 0.1) is 12.8 Å². The van der Waals surface area contributed by atoms with Crippen LogP contribution in [0.4, 0.5) is 0 Å². The fourth-order valence-corrected chi connectivity index (χ4v) is 4.05. The van der Waals surface area contributed by atoms with Crippen LogP contribution in [0, 0.1) is 0 Å². The van der Waals surface area contributed by atoms with E-state index in [1.54, 1.807) is 7.11 Å². The molecule has 0 aromatic heterocycles. The monoisotopic (exact) mass is 480 g/mol. The van der Waals surface area contributed by atoms with Crippen LogP contribution in [0.1, 0.15) is 17.5 Å². The van der Waals surface area contributed by atoms with Crippen LogP contribution in [0.25, 0.3) is 0 Å². The zero-order valence-electron chi connectivity index (χ0n) is 19.1.